The van der Waals surface area contributed by atoms with E-state index in [2.05, 4.69) is 33.1 Å². The van der Waals surface area contributed by atoms with Gasteiger partial charge < -0.3 is 20.1 Å². The molecule has 3 atom stereocenters. The zero-order valence-electron chi connectivity index (χ0n) is 14.5. The number of carboxylic acid groups (broad SMARTS) is 1. The van der Waals surface area contributed by atoms with E-state index in [9.17, 15) is 9.90 Å². The number of hydrogen-bond donors (Lipinski definition) is 3. The molecule has 6 heteroatoms. The molecule has 1 spiro atoms. The lowest BCUT2D eigenvalue weighted by Gasteiger charge is -2.57. The van der Waals surface area contributed by atoms with Crippen LogP contribution in [-0.2, 0) is 0 Å². The lowest BCUT2D eigenvalue weighted by atomic mass is 9.51. The molecule has 6 nitrogen and oxygen atoms in total. The fraction of sp³-hybridized carbons (Fsp3) is 0.500. The summed E-state index contributed by atoms with van der Waals surface area (Å²) < 4.78 is 2.21. The minimum atomic E-state index is -0.951. The van der Waals surface area contributed by atoms with Crippen molar-refractivity contribution in [2.24, 2.45) is 11.3 Å². The Labute approximate surface area is 151 Å². The Morgan fingerprint density at radius 2 is 2.04 bits per heavy atom. The third-order valence-electron chi connectivity index (χ3n) is 6.91. The molecule has 1 amide bonds. The van der Waals surface area contributed by atoms with Gasteiger partial charge in [-0.3, -0.25) is 0 Å². The van der Waals surface area contributed by atoms with E-state index >= 15 is 0 Å². The van der Waals surface area contributed by atoms with E-state index in [-0.39, 0.29) is 29.5 Å². The van der Waals surface area contributed by atoms with E-state index in [1.54, 1.807) is 0 Å². The molecule has 2 aliphatic carbocycles. The third-order valence-corrected chi connectivity index (χ3v) is 6.91. The van der Waals surface area contributed by atoms with Crippen LogP contribution in [0.1, 0.15) is 43.7 Å². The van der Waals surface area contributed by atoms with Crippen molar-refractivity contribution in [3.05, 3.63) is 42.4 Å². The molecule has 2 fully saturated rings. The van der Waals surface area contributed by atoms with Crippen LogP contribution in [0.4, 0.5) is 4.79 Å². The standard InChI is InChI=1S/C20H23N3O3/c24-18-15(9-20(18)7-5-12(6-8-20)22-19(25)26)17-14-4-2-1-3-13(14)16-10-21-11-23(16)17/h1-4,10-12,15,17-18,22,24H,5-9H2,(H,25,26)/t12?,15-,17?,18+,20?/m1/s1. The summed E-state index contributed by atoms with van der Waals surface area (Å²) in [4.78, 5) is 15.2. The van der Waals surface area contributed by atoms with Crippen LogP contribution in [-0.4, -0.2) is 38.0 Å². The first-order chi connectivity index (χ1) is 12.6. The highest BCUT2D eigenvalue weighted by molar-refractivity contribution is 5.69. The highest BCUT2D eigenvalue weighted by Crippen LogP contribution is 2.60. The van der Waals surface area contributed by atoms with Gasteiger partial charge in [0, 0.05) is 17.5 Å². The van der Waals surface area contributed by atoms with Crippen LogP contribution in [0.25, 0.3) is 11.3 Å². The third kappa shape index (κ3) is 2.14. The average Bonchev–Trinajstić information content (AvgIpc) is 3.22. The number of aliphatic hydroxyl groups excluding tert-OH is 1. The molecule has 1 aromatic heterocycles. The predicted molar refractivity (Wildman–Crippen MR) is 95.8 cm³/mol. The number of fused-ring (bicyclic) bond motifs is 3. The Balaban J connectivity index is 1.36. The summed E-state index contributed by atoms with van der Waals surface area (Å²) >= 11 is 0. The van der Waals surface area contributed by atoms with Crippen molar-refractivity contribution >= 4 is 6.09 Å². The summed E-state index contributed by atoms with van der Waals surface area (Å²) in [5, 5.41) is 22.6. The second-order valence-corrected chi connectivity index (χ2v) is 8.12. The van der Waals surface area contributed by atoms with Gasteiger partial charge in [0.2, 0.25) is 0 Å². The molecule has 3 N–H and O–H groups in total. The van der Waals surface area contributed by atoms with Gasteiger partial charge in [0.05, 0.1) is 30.4 Å². The molecule has 2 saturated carbocycles. The Morgan fingerprint density at radius 1 is 1.27 bits per heavy atom. The Kier molecular flexibility index (Phi) is 3.41. The molecular formula is C20H23N3O3. The number of imidazole rings is 1. The molecule has 1 aromatic carbocycles. The van der Waals surface area contributed by atoms with Crippen LogP contribution < -0.4 is 5.32 Å². The van der Waals surface area contributed by atoms with E-state index in [0.717, 1.165) is 37.8 Å². The summed E-state index contributed by atoms with van der Waals surface area (Å²) in [6, 6.07) is 8.59. The van der Waals surface area contributed by atoms with Gasteiger partial charge in [-0.1, -0.05) is 24.3 Å². The number of nitrogens with zero attached hydrogens (tertiary/aromatic N) is 2. The zero-order valence-corrected chi connectivity index (χ0v) is 14.5. The zero-order chi connectivity index (χ0) is 17.9. The number of aromatic nitrogens is 2. The highest BCUT2D eigenvalue weighted by Gasteiger charge is 2.57. The van der Waals surface area contributed by atoms with Crippen LogP contribution in [0.5, 0.6) is 0 Å². The van der Waals surface area contributed by atoms with Gasteiger partial charge in [0.25, 0.3) is 0 Å². The van der Waals surface area contributed by atoms with Gasteiger partial charge in [-0.2, -0.15) is 0 Å². The van der Waals surface area contributed by atoms with Crippen molar-refractivity contribution in [1.82, 2.24) is 14.9 Å². The van der Waals surface area contributed by atoms with Crippen molar-refractivity contribution < 1.29 is 15.0 Å². The summed E-state index contributed by atoms with van der Waals surface area (Å²) in [6.07, 6.45) is 6.88. The minimum absolute atomic E-state index is 0.0248. The number of benzene rings is 1. The Hall–Kier alpha value is -2.34. The topological polar surface area (TPSA) is 87.4 Å². The van der Waals surface area contributed by atoms with Crippen molar-refractivity contribution in [2.45, 2.75) is 50.3 Å². The molecule has 2 aromatic rings. The molecule has 2 heterocycles. The molecule has 0 saturated heterocycles. The Bertz CT molecular complexity index is 853. The van der Waals surface area contributed by atoms with Crippen LogP contribution in [0.2, 0.25) is 0 Å². The number of nitrogens with one attached hydrogen (secondary N) is 1. The first-order valence-electron chi connectivity index (χ1n) is 9.38. The largest absolute Gasteiger partial charge is 0.465 e. The molecule has 5 rings (SSSR count). The monoisotopic (exact) mass is 353 g/mol. The normalized spacial score (nSPS) is 34.8. The first kappa shape index (κ1) is 15.9. The lowest BCUT2D eigenvalue weighted by molar-refractivity contribution is -0.152. The molecule has 136 valence electrons. The smallest absolute Gasteiger partial charge is 0.404 e. The summed E-state index contributed by atoms with van der Waals surface area (Å²) in [5.74, 6) is 0.190. The summed E-state index contributed by atoms with van der Waals surface area (Å²) in [5.41, 5.74) is 3.59. The quantitative estimate of drug-likeness (QED) is 0.774. The molecule has 3 aliphatic rings. The number of amides is 1. The second-order valence-electron chi connectivity index (χ2n) is 8.12. The Morgan fingerprint density at radius 3 is 2.77 bits per heavy atom. The number of rotatable bonds is 2. The SMILES string of the molecule is O=C(O)NC1CCC2(CC1)C[C@H](C1c3ccccc3-c3cncn31)[C@@H]2O. The number of hydrogen-bond acceptors (Lipinski definition) is 3. The van der Waals surface area contributed by atoms with E-state index < -0.39 is 6.09 Å². The molecule has 1 unspecified atom stereocenters. The predicted octanol–water partition coefficient (Wildman–Crippen LogP) is 3.03. The van der Waals surface area contributed by atoms with Gasteiger partial charge in [-0.25, -0.2) is 9.78 Å². The van der Waals surface area contributed by atoms with E-state index in [1.165, 1.54) is 11.1 Å². The number of carbonyl (C=O) groups is 1. The second kappa shape index (κ2) is 5.58. The van der Waals surface area contributed by atoms with E-state index in [4.69, 9.17) is 5.11 Å². The average molecular weight is 353 g/mol. The van der Waals surface area contributed by atoms with Crippen LogP contribution >= 0.6 is 0 Å². The number of aliphatic hydroxyl groups is 1. The van der Waals surface area contributed by atoms with Gasteiger partial charge in [-0.15, -0.1) is 0 Å². The fourth-order valence-corrected chi connectivity index (χ4v) is 5.60. The molecule has 0 radical (unpaired) electrons. The van der Waals surface area contributed by atoms with Crippen LogP contribution in [0.15, 0.2) is 36.8 Å². The van der Waals surface area contributed by atoms with Gasteiger partial charge in [0.1, 0.15) is 0 Å². The van der Waals surface area contributed by atoms with Gasteiger partial charge >= 0.3 is 6.09 Å². The van der Waals surface area contributed by atoms with Crippen LogP contribution in [0, 0.1) is 11.3 Å². The minimum Gasteiger partial charge on any atom is -0.465 e. The molecule has 1 aliphatic heterocycles. The molecule has 0 bridgehead atoms. The van der Waals surface area contributed by atoms with Crippen molar-refractivity contribution in [1.29, 1.82) is 0 Å². The van der Waals surface area contributed by atoms with Gasteiger partial charge in [0.15, 0.2) is 0 Å². The fourth-order valence-electron chi connectivity index (χ4n) is 5.60. The van der Waals surface area contributed by atoms with Crippen molar-refractivity contribution in [2.75, 3.05) is 0 Å². The maximum Gasteiger partial charge on any atom is 0.404 e. The maximum atomic E-state index is 11.1. The highest BCUT2D eigenvalue weighted by atomic mass is 16.4. The van der Waals surface area contributed by atoms with E-state index in [1.807, 2.05) is 18.6 Å². The summed E-state index contributed by atoms with van der Waals surface area (Å²) in [7, 11) is 0. The van der Waals surface area contributed by atoms with Crippen LogP contribution in [0.3, 0.4) is 0 Å². The van der Waals surface area contributed by atoms with Crippen molar-refractivity contribution in [3.63, 3.8) is 0 Å². The molecule has 26 heavy (non-hydrogen) atoms. The first-order valence-corrected chi connectivity index (χ1v) is 9.38. The lowest BCUT2D eigenvalue weighted by Crippen LogP contribution is -2.57. The van der Waals surface area contributed by atoms with Gasteiger partial charge in [-0.05, 0) is 43.1 Å². The van der Waals surface area contributed by atoms with Crippen molar-refractivity contribution in [3.8, 4) is 11.3 Å². The molecular weight excluding hydrogens is 330 g/mol. The maximum absolute atomic E-state index is 11.1. The van der Waals surface area contributed by atoms with E-state index in [0.29, 0.717) is 0 Å². The summed E-state index contributed by atoms with van der Waals surface area (Å²) in [6.45, 7) is 0.